The van der Waals surface area contributed by atoms with E-state index in [9.17, 15) is 5.11 Å². The lowest BCUT2D eigenvalue weighted by Crippen LogP contribution is -2.58. The predicted molar refractivity (Wildman–Crippen MR) is 55.8 cm³/mol. The number of likely N-dealkylation sites (tertiary alicyclic amines) is 1. The van der Waals surface area contributed by atoms with Crippen molar-refractivity contribution >= 4 is 0 Å². The zero-order valence-corrected chi connectivity index (χ0v) is 9.59. The topological polar surface area (TPSA) is 23.5 Å². The zero-order chi connectivity index (χ0) is 10.3. The molecule has 1 aliphatic heterocycles. The van der Waals surface area contributed by atoms with Crippen LogP contribution < -0.4 is 0 Å². The first-order chi connectivity index (χ1) is 5.77. The van der Waals surface area contributed by atoms with E-state index in [2.05, 4.69) is 25.7 Å². The molecule has 0 aromatic rings. The Morgan fingerprint density at radius 1 is 1.23 bits per heavy atom. The van der Waals surface area contributed by atoms with Crippen molar-refractivity contribution in [2.45, 2.75) is 64.6 Å². The van der Waals surface area contributed by atoms with E-state index in [0.29, 0.717) is 6.04 Å². The van der Waals surface area contributed by atoms with Gasteiger partial charge >= 0.3 is 0 Å². The lowest BCUT2D eigenvalue weighted by Gasteiger charge is -2.46. The molecule has 1 rings (SSSR count). The third-order valence-electron chi connectivity index (χ3n) is 3.77. The van der Waals surface area contributed by atoms with Crippen LogP contribution in [0.2, 0.25) is 0 Å². The Balaban J connectivity index is 2.80. The maximum atomic E-state index is 10.1. The third-order valence-corrected chi connectivity index (χ3v) is 3.77. The molecule has 1 aliphatic rings. The van der Waals surface area contributed by atoms with Crippen LogP contribution in [0.5, 0.6) is 0 Å². The summed E-state index contributed by atoms with van der Waals surface area (Å²) in [6.07, 6.45) is 2.53. The van der Waals surface area contributed by atoms with Gasteiger partial charge in [0.1, 0.15) is 0 Å². The summed E-state index contributed by atoms with van der Waals surface area (Å²) in [5, 5.41) is 10.1. The highest BCUT2D eigenvalue weighted by Crippen LogP contribution is 2.33. The molecule has 78 valence electrons. The molecule has 0 amide bonds. The van der Waals surface area contributed by atoms with Crippen LogP contribution in [0.3, 0.4) is 0 Å². The van der Waals surface area contributed by atoms with Gasteiger partial charge in [-0.1, -0.05) is 0 Å². The second-order valence-electron chi connectivity index (χ2n) is 5.30. The van der Waals surface area contributed by atoms with Crippen molar-refractivity contribution in [3.05, 3.63) is 0 Å². The van der Waals surface area contributed by atoms with Crippen molar-refractivity contribution in [3.8, 4) is 0 Å². The molecule has 0 saturated carbocycles. The van der Waals surface area contributed by atoms with E-state index in [1.54, 1.807) is 0 Å². The number of hydrogen-bond donors (Lipinski definition) is 1. The highest BCUT2D eigenvalue weighted by Gasteiger charge is 2.43. The number of aliphatic hydroxyl groups is 1. The van der Waals surface area contributed by atoms with Crippen LogP contribution in [0.1, 0.15) is 47.5 Å². The predicted octanol–water partition coefficient (Wildman–Crippen LogP) is 2.02. The van der Waals surface area contributed by atoms with Gasteiger partial charge in [-0.15, -0.1) is 0 Å². The van der Waals surface area contributed by atoms with Gasteiger partial charge in [0.25, 0.3) is 0 Å². The Kier molecular flexibility index (Phi) is 2.75. The Morgan fingerprint density at radius 2 is 1.77 bits per heavy atom. The van der Waals surface area contributed by atoms with Gasteiger partial charge in [-0.2, -0.15) is 0 Å². The van der Waals surface area contributed by atoms with E-state index in [-0.39, 0.29) is 5.54 Å². The van der Waals surface area contributed by atoms with Crippen molar-refractivity contribution in [2.75, 3.05) is 6.54 Å². The highest BCUT2D eigenvalue weighted by atomic mass is 16.3. The Bertz CT molecular complexity index is 181. The largest absolute Gasteiger partial charge is 0.389 e. The Morgan fingerprint density at radius 3 is 2.08 bits per heavy atom. The maximum absolute atomic E-state index is 10.1. The molecule has 1 saturated heterocycles. The first-order valence-corrected chi connectivity index (χ1v) is 5.26. The molecule has 1 N–H and O–H groups in total. The molecule has 1 heterocycles. The molecule has 0 aliphatic carbocycles. The summed E-state index contributed by atoms with van der Waals surface area (Å²) in [6, 6.07) is 0.612. The van der Waals surface area contributed by atoms with Crippen molar-refractivity contribution in [3.63, 3.8) is 0 Å². The molecular weight excluding hydrogens is 162 g/mol. The normalized spacial score (nSPS) is 26.8. The summed E-state index contributed by atoms with van der Waals surface area (Å²) in [7, 11) is 0. The van der Waals surface area contributed by atoms with Crippen LogP contribution in [0.4, 0.5) is 0 Å². The highest BCUT2D eigenvalue weighted by molar-refractivity contribution is 4.99. The summed E-state index contributed by atoms with van der Waals surface area (Å²) in [6.45, 7) is 11.4. The Labute approximate surface area is 81.9 Å². The van der Waals surface area contributed by atoms with Crippen molar-refractivity contribution in [2.24, 2.45) is 0 Å². The van der Waals surface area contributed by atoms with E-state index in [0.717, 1.165) is 6.54 Å². The summed E-state index contributed by atoms with van der Waals surface area (Å²) in [5.74, 6) is 0. The second kappa shape index (κ2) is 3.25. The van der Waals surface area contributed by atoms with Crippen molar-refractivity contribution in [1.29, 1.82) is 0 Å². The molecular formula is C11H23NO. The quantitative estimate of drug-likeness (QED) is 0.711. The minimum absolute atomic E-state index is 0.122. The molecule has 1 unspecified atom stereocenters. The molecule has 1 atom stereocenters. The van der Waals surface area contributed by atoms with Crippen LogP contribution in [-0.2, 0) is 0 Å². The fourth-order valence-electron chi connectivity index (χ4n) is 2.12. The van der Waals surface area contributed by atoms with Gasteiger partial charge in [0, 0.05) is 11.6 Å². The summed E-state index contributed by atoms with van der Waals surface area (Å²) >= 11 is 0. The van der Waals surface area contributed by atoms with Crippen LogP contribution in [0.25, 0.3) is 0 Å². The van der Waals surface area contributed by atoms with Crippen LogP contribution in [-0.4, -0.2) is 33.7 Å². The smallest absolute Gasteiger partial charge is 0.0769 e. The summed E-state index contributed by atoms with van der Waals surface area (Å²) < 4.78 is 0. The Hall–Kier alpha value is -0.0800. The molecule has 1 fully saturated rings. The SMILES string of the molecule is CC1CCCN1C(C)(C)C(C)(C)O. The third kappa shape index (κ3) is 1.89. The zero-order valence-electron chi connectivity index (χ0n) is 9.59. The molecule has 2 heteroatoms. The second-order valence-corrected chi connectivity index (χ2v) is 5.30. The van der Waals surface area contributed by atoms with E-state index in [1.165, 1.54) is 12.8 Å². The van der Waals surface area contributed by atoms with Gasteiger partial charge in [-0.05, 0) is 54.0 Å². The molecule has 13 heavy (non-hydrogen) atoms. The molecule has 0 bridgehead atoms. The van der Waals surface area contributed by atoms with Gasteiger partial charge in [0.15, 0.2) is 0 Å². The van der Waals surface area contributed by atoms with Gasteiger partial charge < -0.3 is 5.11 Å². The lowest BCUT2D eigenvalue weighted by atomic mass is 9.84. The van der Waals surface area contributed by atoms with Gasteiger partial charge in [-0.3, -0.25) is 4.90 Å². The first-order valence-electron chi connectivity index (χ1n) is 5.26. The number of hydrogen-bond acceptors (Lipinski definition) is 2. The average Bonchev–Trinajstić information content (AvgIpc) is 2.32. The van der Waals surface area contributed by atoms with Gasteiger partial charge in [-0.25, -0.2) is 0 Å². The average molecular weight is 185 g/mol. The van der Waals surface area contributed by atoms with Gasteiger partial charge in [0.2, 0.25) is 0 Å². The molecule has 0 spiro atoms. The minimum atomic E-state index is -0.633. The van der Waals surface area contributed by atoms with E-state index in [4.69, 9.17) is 0 Å². The minimum Gasteiger partial charge on any atom is -0.389 e. The van der Waals surface area contributed by atoms with Crippen LogP contribution in [0, 0.1) is 0 Å². The van der Waals surface area contributed by atoms with E-state index >= 15 is 0 Å². The van der Waals surface area contributed by atoms with Crippen LogP contribution in [0.15, 0.2) is 0 Å². The summed E-state index contributed by atoms with van der Waals surface area (Å²) in [5.41, 5.74) is -0.755. The summed E-state index contributed by atoms with van der Waals surface area (Å²) in [4.78, 5) is 2.42. The lowest BCUT2D eigenvalue weighted by molar-refractivity contribution is -0.0755. The van der Waals surface area contributed by atoms with E-state index in [1.807, 2.05) is 13.8 Å². The fraction of sp³-hybridized carbons (Fsp3) is 1.00. The molecule has 0 aromatic heterocycles. The van der Waals surface area contributed by atoms with E-state index < -0.39 is 5.60 Å². The van der Waals surface area contributed by atoms with Crippen molar-refractivity contribution in [1.82, 2.24) is 4.90 Å². The standard InChI is InChI=1S/C11H23NO/c1-9-7-6-8-12(9)10(2,3)11(4,5)13/h9,13H,6-8H2,1-5H3. The maximum Gasteiger partial charge on any atom is 0.0769 e. The van der Waals surface area contributed by atoms with Crippen LogP contribution >= 0.6 is 0 Å². The first kappa shape index (κ1) is 11.0. The molecule has 0 aromatic carbocycles. The van der Waals surface area contributed by atoms with Crippen molar-refractivity contribution < 1.29 is 5.11 Å². The number of nitrogens with zero attached hydrogens (tertiary/aromatic N) is 1. The van der Waals surface area contributed by atoms with Gasteiger partial charge in [0.05, 0.1) is 5.60 Å². The fourth-order valence-corrected chi connectivity index (χ4v) is 2.12. The number of rotatable bonds is 2. The molecule has 0 radical (unpaired) electrons. The molecule has 2 nitrogen and oxygen atoms in total. The monoisotopic (exact) mass is 185 g/mol.